The van der Waals surface area contributed by atoms with E-state index in [1.54, 1.807) is 4.80 Å². The molecular formula is C24H30ClN3O. The van der Waals surface area contributed by atoms with Gasteiger partial charge in [0.1, 0.15) is 22.5 Å². The molecule has 29 heavy (non-hydrogen) atoms. The number of halogens is 1. The van der Waals surface area contributed by atoms with Gasteiger partial charge >= 0.3 is 0 Å². The van der Waals surface area contributed by atoms with Crippen LogP contribution < -0.4 is 0 Å². The maximum Gasteiger partial charge on any atom is 0.146 e. The third-order valence-corrected chi connectivity index (χ3v) is 6.66. The number of aromatic nitrogens is 3. The molecule has 1 fully saturated rings. The zero-order chi connectivity index (χ0) is 20.4. The molecule has 4 nitrogen and oxygen atoms in total. The number of aromatic hydroxyl groups is 1. The first-order chi connectivity index (χ1) is 14.1. The second kappa shape index (κ2) is 8.74. The van der Waals surface area contributed by atoms with Gasteiger partial charge in [-0.2, -0.15) is 0 Å². The maximum atomic E-state index is 11.3. The lowest BCUT2D eigenvalue weighted by Crippen LogP contribution is -2.08. The summed E-state index contributed by atoms with van der Waals surface area (Å²) in [4.78, 5) is 1.58. The SMILES string of the molecule is CCC(C)c1cc(C2CCCCCCC2)c(O)c(-n2nc3ccc(Cl)cc3n2)c1. The molecule has 4 rings (SSSR count). The summed E-state index contributed by atoms with van der Waals surface area (Å²) in [6.07, 6.45) is 9.72. The first kappa shape index (κ1) is 20.2. The van der Waals surface area contributed by atoms with E-state index in [1.807, 2.05) is 18.2 Å². The third-order valence-electron chi connectivity index (χ3n) is 6.43. The average molecular weight is 412 g/mol. The van der Waals surface area contributed by atoms with Crippen LogP contribution in [0, 0.1) is 0 Å². The van der Waals surface area contributed by atoms with Crippen molar-refractivity contribution in [1.29, 1.82) is 0 Å². The van der Waals surface area contributed by atoms with Crippen LogP contribution in [-0.2, 0) is 0 Å². The molecule has 0 bridgehead atoms. The number of fused-ring (bicyclic) bond motifs is 1. The van der Waals surface area contributed by atoms with Crippen LogP contribution >= 0.6 is 11.6 Å². The first-order valence-electron chi connectivity index (χ1n) is 11.0. The van der Waals surface area contributed by atoms with Crippen LogP contribution in [0.25, 0.3) is 16.7 Å². The summed E-state index contributed by atoms with van der Waals surface area (Å²) in [5, 5.41) is 21.2. The van der Waals surface area contributed by atoms with Crippen LogP contribution in [0.15, 0.2) is 30.3 Å². The Morgan fingerprint density at radius 2 is 1.72 bits per heavy atom. The number of phenolic OH excluding ortho intramolecular Hbond substituents is 1. The third kappa shape index (κ3) is 4.28. The van der Waals surface area contributed by atoms with Crippen molar-refractivity contribution in [3.8, 4) is 11.4 Å². The lowest BCUT2D eigenvalue weighted by atomic mass is 9.83. The molecule has 0 aliphatic heterocycles. The summed E-state index contributed by atoms with van der Waals surface area (Å²) < 4.78 is 0. The van der Waals surface area contributed by atoms with Crippen LogP contribution in [0.5, 0.6) is 5.75 Å². The lowest BCUT2D eigenvalue weighted by molar-refractivity contribution is 0.420. The van der Waals surface area contributed by atoms with Crippen molar-refractivity contribution in [3.05, 3.63) is 46.5 Å². The topological polar surface area (TPSA) is 50.9 Å². The highest BCUT2D eigenvalue weighted by atomic mass is 35.5. The molecule has 1 aromatic heterocycles. The summed E-state index contributed by atoms with van der Waals surface area (Å²) in [5.74, 6) is 1.15. The highest BCUT2D eigenvalue weighted by Crippen LogP contribution is 2.40. The Kier molecular flexibility index (Phi) is 6.09. The summed E-state index contributed by atoms with van der Waals surface area (Å²) >= 11 is 6.12. The number of nitrogens with zero attached hydrogens (tertiary/aromatic N) is 3. The molecule has 1 unspecified atom stereocenters. The van der Waals surface area contributed by atoms with E-state index >= 15 is 0 Å². The summed E-state index contributed by atoms with van der Waals surface area (Å²) in [6, 6.07) is 9.78. The quantitative estimate of drug-likeness (QED) is 0.497. The largest absolute Gasteiger partial charge is 0.505 e. The fraction of sp³-hybridized carbons (Fsp3) is 0.500. The van der Waals surface area contributed by atoms with Crippen LogP contribution in [-0.4, -0.2) is 20.1 Å². The van der Waals surface area contributed by atoms with Crippen LogP contribution in [0.2, 0.25) is 5.02 Å². The van der Waals surface area contributed by atoms with E-state index in [-0.39, 0.29) is 0 Å². The molecule has 154 valence electrons. The van der Waals surface area contributed by atoms with E-state index in [1.165, 1.54) is 37.7 Å². The summed E-state index contributed by atoms with van der Waals surface area (Å²) in [5.41, 5.74) is 4.50. The van der Waals surface area contributed by atoms with E-state index < -0.39 is 0 Å². The van der Waals surface area contributed by atoms with Gasteiger partial charge < -0.3 is 5.11 Å². The van der Waals surface area contributed by atoms with E-state index in [4.69, 9.17) is 11.6 Å². The Hall–Kier alpha value is -2.07. The van der Waals surface area contributed by atoms with Crippen molar-refractivity contribution in [2.24, 2.45) is 0 Å². The molecule has 0 saturated heterocycles. The van der Waals surface area contributed by atoms with E-state index in [0.29, 0.717) is 28.3 Å². The van der Waals surface area contributed by atoms with E-state index in [9.17, 15) is 5.11 Å². The molecule has 0 radical (unpaired) electrons. The summed E-state index contributed by atoms with van der Waals surface area (Å²) in [6.45, 7) is 4.44. The molecule has 1 heterocycles. The fourth-order valence-corrected chi connectivity index (χ4v) is 4.58. The zero-order valence-electron chi connectivity index (χ0n) is 17.4. The van der Waals surface area contributed by atoms with Gasteiger partial charge in [-0.15, -0.1) is 15.0 Å². The molecule has 1 atom stereocenters. The molecule has 2 aromatic carbocycles. The highest BCUT2D eigenvalue weighted by Gasteiger charge is 2.23. The first-order valence-corrected chi connectivity index (χ1v) is 11.3. The molecular weight excluding hydrogens is 382 g/mol. The second-order valence-electron chi connectivity index (χ2n) is 8.45. The van der Waals surface area contributed by atoms with Gasteiger partial charge in [-0.05, 0) is 66.5 Å². The molecule has 0 amide bonds. The van der Waals surface area contributed by atoms with Crippen molar-refractivity contribution in [2.75, 3.05) is 0 Å². The molecule has 0 spiro atoms. The van der Waals surface area contributed by atoms with Gasteiger partial charge in [-0.3, -0.25) is 0 Å². The van der Waals surface area contributed by atoms with Crippen LogP contribution in [0.1, 0.15) is 88.2 Å². The molecule has 5 heteroatoms. The Balaban J connectivity index is 1.82. The van der Waals surface area contributed by atoms with Crippen molar-refractivity contribution in [3.63, 3.8) is 0 Å². The van der Waals surface area contributed by atoms with Crippen molar-refractivity contribution >= 4 is 22.6 Å². The standard InChI is InChI=1S/C24H30ClN3O/c1-3-16(2)18-13-20(17-9-7-5-4-6-8-10-17)24(29)23(14-18)28-26-21-12-11-19(25)15-22(21)27-28/h11-17,29H,3-10H2,1-2H3. The number of phenols is 1. The predicted molar refractivity (Wildman–Crippen MR) is 119 cm³/mol. The van der Waals surface area contributed by atoms with Gasteiger partial charge in [0, 0.05) is 5.02 Å². The van der Waals surface area contributed by atoms with E-state index in [0.717, 1.165) is 35.9 Å². The van der Waals surface area contributed by atoms with Gasteiger partial charge in [-0.1, -0.05) is 63.6 Å². The van der Waals surface area contributed by atoms with Gasteiger partial charge in [0.15, 0.2) is 0 Å². The van der Waals surface area contributed by atoms with Crippen LogP contribution in [0.3, 0.4) is 0 Å². The normalized spacial score (nSPS) is 17.2. The Labute approximate surface area is 177 Å². The molecule has 3 aromatic rings. The molecule has 1 N–H and O–H groups in total. The van der Waals surface area contributed by atoms with Gasteiger partial charge in [0.2, 0.25) is 0 Å². The van der Waals surface area contributed by atoms with Crippen molar-refractivity contribution in [2.45, 2.75) is 77.0 Å². The maximum absolute atomic E-state index is 11.3. The molecule has 1 aliphatic rings. The van der Waals surface area contributed by atoms with Crippen LogP contribution in [0.4, 0.5) is 0 Å². The molecule has 1 saturated carbocycles. The van der Waals surface area contributed by atoms with Gasteiger partial charge in [0.05, 0.1) is 0 Å². The number of hydrogen-bond acceptors (Lipinski definition) is 3. The fourth-order valence-electron chi connectivity index (χ4n) is 4.41. The smallest absolute Gasteiger partial charge is 0.146 e. The highest BCUT2D eigenvalue weighted by molar-refractivity contribution is 6.31. The summed E-state index contributed by atoms with van der Waals surface area (Å²) in [7, 11) is 0. The van der Waals surface area contributed by atoms with E-state index in [2.05, 4.69) is 36.2 Å². The van der Waals surface area contributed by atoms with Crippen molar-refractivity contribution < 1.29 is 5.11 Å². The van der Waals surface area contributed by atoms with Gasteiger partial charge in [-0.25, -0.2) is 0 Å². The number of hydrogen-bond donors (Lipinski definition) is 1. The van der Waals surface area contributed by atoms with Crippen molar-refractivity contribution in [1.82, 2.24) is 15.0 Å². The Bertz CT molecular complexity index is 989. The number of rotatable bonds is 4. The molecule has 1 aliphatic carbocycles. The minimum absolute atomic E-state index is 0.328. The minimum atomic E-state index is 0.328. The monoisotopic (exact) mass is 411 g/mol. The van der Waals surface area contributed by atoms with Gasteiger partial charge in [0.25, 0.3) is 0 Å². The predicted octanol–water partition coefficient (Wildman–Crippen LogP) is 7.12. The Morgan fingerprint density at radius 3 is 2.45 bits per heavy atom. The minimum Gasteiger partial charge on any atom is -0.505 e. The number of benzene rings is 2. The Morgan fingerprint density at radius 1 is 1.03 bits per heavy atom. The zero-order valence-corrected chi connectivity index (χ0v) is 18.1. The second-order valence-corrected chi connectivity index (χ2v) is 8.89. The average Bonchev–Trinajstić information content (AvgIpc) is 3.10. The lowest BCUT2D eigenvalue weighted by Gasteiger charge is -2.24.